The number of carboxylic acid groups (broad SMARTS) is 1. The molecule has 0 aromatic heterocycles. The first-order valence-electron chi connectivity index (χ1n) is 8.89. The number of benzene rings is 2. The Morgan fingerprint density at radius 3 is 2.61 bits per heavy atom. The van der Waals surface area contributed by atoms with Gasteiger partial charge in [0, 0.05) is 18.0 Å². The van der Waals surface area contributed by atoms with Crippen molar-refractivity contribution in [3.63, 3.8) is 0 Å². The van der Waals surface area contributed by atoms with Crippen molar-refractivity contribution in [1.29, 1.82) is 0 Å². The summed E-state index contributed by atoms with van der Waals surface area (Å²) < 4.78 is 39.2. The van der Waals surface area contributed by atoms with Gasteiger partial charge in [0.15, 0.2) is 18.1 Å². The molecule has 28 heavy (non-hydrogen) atoms. The smallest absolute Gasteiger partial charge is 0.341 e. The fourth-order valence-electron chi connectivity index (χ4n) is 3.31. The highest BCUT2D eigenvalue weighted by Crippen LogP contribution is 2.45. The standard InChI is InChI=1S/C20H23NO6S/c1-20(2)11-14(12-21-28(24,25)15-7-4-3-5-8-15)16-9-6-10-17(19(16)27-20)26-13-18(22)23/h3-10,14,21H,11-13H2,1-2H3,(H,22,23). The zero-order chi connectivity index (χ0) is 20.4. The molecule has 7 nitrogen and oxygen atoms in total. The van der Waals surface area contributed by atoms with E-state index in [-0.39, 0.29) is 17.4 Å². The second kappa shape index (κ2) is 7.81. The topological polar surface area (TPSA) is 102 Å². The van der Waals surface area contributed by atoms with E-state index in [4.69, 9.17) is 14.6 Å². The summed E-state index contributed by atoms with van der Waals surface area (Å²) >= 11 is 0. The van der Waals surface area contributed by atoms with Crippen LogP contribution >= 0.6 is 0 Å². The van der Waals surface area contributed by atoms with Crippen molar-refractivity contribution in [2.24, 2.45) is 0 Å². The summed E-state index contributed by atoms with van der Waals surface area (Å²) in [6.45, 7) is 3.52. The first-order chi connectivity index (χ1) is 13.2. The minimum Gasteiger partial charge on any atom is -0.484 e. The largest absolute Gasteiger partial charge is 0.484 e. The molecule has 0 saturated carbocycles. The Hall–Kier alpha value is -2.58. The zero-order valence-electron chi connectivity index (χ0n) is 15.7. The SMILES string of the molecule is CC1(C)CC(CNS(=O)(=O)c2ccccc2)c2cccc(OCC(=O)O)c2O1. The van der Waals surface area contributed by atoms with Crippen LogP contribution in [0.3, 0.4) is 0 Å². The van der Waals surface area contributed by atoms with Crippen molar-refractivity contribution >= 4 is 16.0 Å². The maximum absolute atomic E-state index is 12.6. The van der Waals surface area contributed by atoms with Crippen molar-refractivity contribution in [3.8, 4) is 11.5 Å². The summed E-state index contributed by atoms with van der Waals surface area (Å²) in [7, 11) is -3.63. The van der Waals surface area contributed by atoms with Gasteiger partial charge in [0.25, 0.3) is 0 Å². The number of rotatable bonds is 7. The molecule has 0 radical (unpaired) electrons. The third kappa shape index (κ3) is 4.63. The molecule has 2 aromatic rings. The molecule has 1 aliphatic rings. The molecule has 8 heteroatoms. The van der Waals surface area contributed by atoms with Crippen LogP contribution in [0.2, 0.25) is 0 Å². The van der Waals surface area contributed by atoms with Gasteiger partial charge in [-0.05, 0) is 38.5 Å². The fraction of sp³-hybridized carbons (Fsp3) is 0.350. The van der Waals surface area contributed by atoms with Gasteiger partial charge in [0.1, 0.15) is 5.60 Å². The Bertz CT molecular complexity index is 956. The van der Waals surface area contributed by atoms with E-state index in [0.29, 0.717) is 17.9 Å². The molecule has 2 aromatic carbocycles. The minimum atomic E-state index is -3.63. The quantitative estimate of drug-likeness (QED) is 0.734. The van der Waals surface area contributed by atoms with Crippen LogP contribution in [0, 0.1) is 0 Å². The van der Waals surface area contributed by atoms with Crippen molar-refractivity contribution < 1.29 is 27.8 Å². The van der Waals surface area contributed by atoms with E-state index in [1.54, 1.807) is 42.5 Å². The molecular weight excluding hydrogens is 382 g/mol. The molecule has 2 N–H and O–H groups in total. The number of sulfonamides is 1. The monoisotopic (exact) mass is 405 g/mol. The van der Waals surface area contributed by atoms with Gasteiger partial charge in [-0.1, -0.05) is 30.3 Å². The van der Waals surface area contributed by atoms with Crippen molar-refractivity contribution in [2.75, 3.05) is 13.2 Å². The number of fused-ring (bicyclic) bond motifs is 1. The van der Waals surface area contributed by atoms with E-state index in [1.165, 1.54) is 0 Å². The van der Waals surface area contributed by atoms with Crippen LogP contribution in [0.15, 0.2) is 53.4 Å². The van der Waals surface area contributed by atoms with E-state index in [9.17, 15) is 13.2 Å². The van der Waals surface area contributed by atoms with Gasteiger partial charge in [-0.25, -0.2) is 17.9 Å². The Labute approximate surface area is 164 Å². The van der Waals surface area contributed by atoms with E-state index in [1.807, 2.05) is 19.9 Å². The second-order valence-electron chi connectivity index (χ2n) is 7.28. The lowest BCUT2D eigenvalue weighted by Gasteiger charge is -2.38. The Morgan fingerprint density at radius 2 is 1.93 bits per heavy atom. The number of ether oxygens (including phenoxy) is 2. The van der Waals surface area contributed by atoms with Crippen LogP contribution in [0.4, 0.5) is 0 Å². The summed E-state index contributed by atoms with van der Waals surface area (Å²) in [5.74, 6) is -0.432. The van der Waals surface area contributed by atoms with Gasteiger partial charge in [-0.2, -0.15) is 0 Å². The highest BCUT2D eigenvalue weighted by molar-refractivity contribution is 7.89. The molecule has 0 aliphatic carbocycles. The summed E-state index contributed by atoms with van der Waals surface area (Å²) in [6.07, 6.45) is 0.597. The van der Waals surface area contributed by atoms with E-state index in [0.717, 1.165) is 5.56 Å². The third-order valence-corrected chi connectivity index (χ3v) is 5.93. The third-order valence-electron chi connectivity index (χ3n) is 4.49. The molecule has 1 heterocycles. The normalized spacial score (nSPS) is 18.0. The molecule has 0 bridgehead atoms. The predicted octanol–water partition coefficient (Wildman–Crippen LogP) is 2.77. The molecule has 1 unspecified atom stereocenters. The maximum Gasteiger partial charge on any atom is 0.341 e. The van der Waals surface area contributed by atoms with Crippen molar-refractivity contribution in [2.45, 2.75) is 36.7 Å². The number of nitrogens with one attached hydrogen (secondary N) is 1. The molecule has 150 valence electrons. The molecule has 0 saturated heterocycles. The molecule has 1 aliphatic heterocycles. The number of carboxylic acids is 1. The molecular formula is C20H23NO6S. The number of hydrogen-bond acceptors (Lipinski definition) is 5. The van der Waals surface area contributed by atoms with Crippen LogP contribution in [0.1, 0.15) is 31.7 Å². The van der Waals surface area contributed by atoms with Gasteiger partial charge in [-0.3, -0.25) is 0 Å². The predicted molar refractivity (Wildman–Crippen MR) is 103 cm³/mol. The lowest BCUT2D eigenvalue weighted by Crippen LogP contribution is -2.39. The average molecular weight is 405 g/mol. The zero-order valence-corrected chi connectivity index (χ0v) is 16.5. The minimum absolute atomic E-state index is 0.148. The number of aliphatic carboxylic acids is 1. The summed E-state index contributed by atoms with van der Waals surface area (Å²) in [5.41, 5.74) is 0.233. The molecule has 1 atom stereocenters. The van der Waals surface area contributed by atoms with Gasteiger partial charge in [-0.15, -0.1) is 0 Å². The molecule has 0 fully saturated rings. The Balaban J connectivity index is 1.85. The van der Waals surface area contributed by atoms with Gasteiger partial charge < -0.3 is 14.6 Å². The lowest BCUT2D eigenvalue weighted by atomic mass is 9.84. The molecule has 3 rings (SSSR count). The van der Waals surface area contributed by atoms with Gasteiger partial charge >= 0.3 is 5.97 Å². The summed E-state index contributed by atoms with van der Waals surface area (Å²) in [5, 5.41) is 8.87. The van der Waals surface area contributed by atoms with Crippen LogP contribution in [0.5, 0.6) is 11.5 Å². The van der Waals surface area contributed by atoms with Gasteiger partial charge in [0.05, 0.1) is 4.90 Å². The van der Waals surface area contributed by atoms with Crippen LogP contribution in [-0.2, 0) is 14.8 Å². The van der Waals surface area contributed by atoms with Gasteiger partial charge in [0.2, 0.25) is 10.0 Å². The molecule has 0 spiro atoms. The van der Waals surface area contributed by atoms with Crippen LogP contribution in [-0.4, -0.2) is 38.2 Å². The van der Waals surface area contributed by atoms with E-state index in [2.05, 4.69) is 4.72 Å². The number of para-hydroxylation sites is 1. The Kier molecular flexibility index (Phi) is 5.62. The molecule has 0 amide bonds. The maximum atomic E-state index is 12.6. The number of hydrogen-bond donors (Lipinski definition) is 2. The summed E-state index contributed by atoms with van der Waals surface area (Å²) in [6, 6.07) is 13.4. The van der Waals surface area contributed by atoms with Crippen molar-refractivity contribution in [1.82, 2.24) is 4.72 Å². The number of carbonyl (C=O) groups is 1. The summed E-state index contributed by atoms with van der Waals surface area (Å²) in [4.78, 5) is 11.0. The Morgan fingerprint density at radius 1 is 1.21 bits per heavy atom. The lowest BCUT2D eigenvalue weighted by molar-refractivity contribution is -0.139. The highest BCUT2D eigenvalue weighted by Gasteiger charge is 2.36. The first-order valence-corrected chi connectivity index (χ1v) is 10.4. The van der Waals surface area contributed by atoms with E-state index >= 15 is 0 Å². The van der Waals surface area contributed by atoms with Crippen molar-refractivity contribution in [3.05, 3.63) is 54.1 Å². The fourth-order valence-corrected chi connectivity index (χ4v) is 4.42. The van der Waals surface area contributed by atoms with Crippen LogP contribution in [0.25, 0.3) is 0 Å². The second-order valence-corrected chi connectivity index (χ2v) is 9.05. The highest BCUT2D eigenvalue weighted by atomic mass is 32.2. The average Bonchev–Trinajstić information content (AvgIpc) is 2.64. The van der Waals surface area contributed by atoms with E-state index < -0.39 is 28.2 Å². The van der Waals surface area contributed by atoms with Crippen LogP contribution < -0.4 is 14.2 Å². The first kappa shape index (κ1) is 20.2.